The van der Waals surface area contributed by atoms with Crippen LogP contribution in [-0.4, -0.2) is 37.2 Å². The number of rotatable bonds is 60. The van der Waals surface area contributed by atoms with Crippen LogP contribution in [0.15, 0.2) is 97.2 Å². The molecule has 0 saturated heterocycles. The normalized spacial score (nSPS) is 12.7. The fourth-order valence-corrected chi connectivity index (χ4v) is 9.36. The maximum Gasteiger partial charge on any atom is 0.306 e. The van der Waals surface area contributed by atoms with Crippen LogP contribution in [0.25, 0.3) is 0 Å². The Labute approximate surface area is 483 Å². The molecule has 78 heavy (non-hydrogen) atoms. The summed E-state index contributed by atoms with van der Waals surface area (Å²) in [7, 11) is 0. The number of esters is 3. The lowest BCUT2D eigenvalue weighted by Gasteiger charge is -2.18. The molecule has 0 N–H and O–H groups in total. The van der Waals surface area contributed by atoms with Gasteiger partial charge in [0.1, 0.15) is 13.2 Å². The molecule has 1 unspecified atom stereocenters. The predicted octanol–water partition coefficient (Wildman–Crippen LogP) is 22.8. The van der Waals surface area contributed by atoms with Crippen molar-refractivity contribution in [2.24, 2.45) is 0 Å². The number of unbranched alkanes of at least 4 members (excludes halogenated alkanes) is 33. The van der Waals surface area contributed by atoms with Gasteiger partial charge in [0, 0.05) is 19.3 Å². The van der Waals surface area contributed by atoms with E-state index in [0.717, 1.165) is 122 Å². The van der Waals surface area contributed by atoms with Gasteiger partial charge in [0.25, 0.3) is 0 Å². The van der Waals surface area contributed by atoms with Crippen LogP contribution in [0.5, 0.6) is 0 Å². The number of allylic oxidation sites excluding steroid dienone is 16. The summed E-state index contributed by atoms with van der Waals surface area (Å²) in [5.41, 5.74) is 0. The van der Waals surface area contributed by atoms with Crippen LogP contribution in [0.4, 0.5) is 0 Å². The van der Waals surface area contributed by atoms with Crippen molar-refractivity contribution in [2.45, 2.75) is 329 Å². The Hall–Kier alpha value is -3.67. The van der Waals surface area contributed by atoms with Crippen molar-refractivity contribution in [1.29, 1.82) is 0 Å². The van der Waals surface area contributed by atoms with Crippen LogP contribution in [-0.2, 0) is 28.6 Å². The van der Waals surface area contributed by atoms with Gasteiger partial charge in [-0.25, -0.2) is 0 Å². The molecule has 0 aromatic carbocycles. The lowest BCUT2D eigenvalue weighted by atomic mass is 10.0. The third kappa shape index (κ3) is 63.2. The molecule has 6 heteroatoms. The minimum atomic E-state index is -0.788. The van der Waals surface area contributed by atoms with Crippen LogP contribution in [0.3, 0.4) is 0 Å². The summed E-state index contributed by atoms with van der Waals surface area (Å²) < 4.78 is 17.0. The number of hydrogen-bond acceptors (Lipinski definition) is 6. The molecule has 0 aromatic heterocycles. The summed E-state index contributed by atoms with van der Waals surface area (Å²) in [4.78, 5) is 38.4. The Balaban J connectivity index is 4.38. The van der Waals surface area contributed by atoms with Gasteiger partial charge in [0.2, 0.25) is 0 Å². The van der Waals surface area contributed by atoms with Crippen molar-refractivity contribution >= 4 is 17.9 Å². The van der Waals surface area contributed by atoms with E-state index in [9.17, 15) is 14.4 Å². The van der Waals surface area contributed by atoms with E-state index in [1.807, 2.05) is 0 Å². The monoisotopic (exact) mass is 1080 g/mol. The highest BCUT2D eigenvalue weighted by atomic mass is 16.6. The Morgan fingerprint density at radius 3 is 0.808 bits per heavy atom. The molecule has 0 radical (unpaired) electrons. The molecule has 0 spiro atoms. The molecule has 448 valence electrons. The zero-order valence-corrected chi connectivity index (χ0v) is 51.4. The van der Waals surface area contributed by atoms with Gasteiger partial charge in [0.05, 0.1) is 0 Å². The molecule has 0 fully saturated rings. The standard InChI is InChI=1S/C72H124O6/c1-4-7-10-13-16-19-22-25-28-31-33-34-35-36-37-38-40-41-44-47-50-53-56-59-62-65-71(74)77-68-69(67-76-70(73)64-61-58-55-52-49-46-43-30-27-24-21-18-15-12-9-6-3)78-72(75)66-63-60-57-54-51-48-45-42-39-32-29-26-23-20-17-14-11-8-5-2/h7,10,16-17,19-20,25-26,28-29,33-34,36-37,39,42,69H,4-6,8-9,11-15,18,21-24,27,30-32,35,38,40-41,43-68H2,1-3H3/b10-7-,19-16-,20-17-,28-25-,29-26-,34-33-,37-36-,42-39-. The molecule has 6 nitrogen and oxygen atoms in total. The fraction of sp³-hybridized carbons (Fsp3) is 0.736. The van der Waals surface area contributed by atoms with E-state index in [0.29, 0.717) is 19.3 Å². The minimum absolute atomic E-state index is 0.0820. The molecule has 0 aromatic rings. The lowest BCUT2D eigenvalue weighted by molar-refractivity contribution is -0.167. The quantitative estimate of drug-likeness (QED) is 0.0261. The van der Waals surface area contributed by atoms with E-state index < -0.39 is 6.10 Å². The summed E-state index contributed by atoms with van der Waals surface area (Å²) in [6.45, 7) is 6.52. The first-order valence-corrected chi connectivity index (χ1v) is 33.2. The first-order chi connectivity index (χ1) is 38.5. The Morgan fingerprint density at radius 2 is 0.500 bits per heavy atom. The Bertz CT molecular complexity index is 1530. The average Bonchev–Trinajstić information content (AvgIpc) is 3.44. The van der Waals surface area contributed by atoms with Gasteiger partial charge in [-0.2, -0.15) is 0 Å². The lowest BCUT2D eigenvalue weighted by Crippen LogP contribution is -2.30. The van der Waals surface area contributed by atoms with Crippen molar-refractivity contribution in [3.05, 3.63) is 97.2 Å². The molecule has 0 heterocycles. The number of carbonyl (C=O) groups excluding carboxylic acids is 3. The molecule has 0 aliphatic carbocycles. The summed E-state index contributed by atoms with van der Waals surface area (Å²) in [6, 6.07) is 0. The topological polar surface area (TPSA) is 78.9 Å². The number of hydrogen-bond donors (Lipinski definition) is 0. The van der Waals surface area contributed by atoms with Gasteiger partial charge in [0.15, 0.2) is 6.10 Å². The maximum absolute atomic E-state index is 12.9. The second kappa shape index (κ2) is 65.8. The zero-order chi connectivity index (χ0) is 56.4. The van der Waals surface area contributed by atoms with Gasteiger partial charge < -0.3 is 14.2 Å². The van der Waals surface area contributed by atoms with Gasteiger partial charge in [-0.15, -0.1) is 0 Å². The highest BCUT2D eigenvalue weighted by Crippen LogP contribution is 2.17. The molecule has 0 bridgehead atoms. The SMILES string of the molecule is CC/C=C\C/C=C\C/C=C\C/C=C\C/C=C\CCCCCCCCCCCC(=O)OCC(COC(=O)CCCCCCCCCCCCCCCCCC)OC(=O)CCCCCCCC/C=C\C/C=C\C/C=C\CCCCC. The smallest absolute Gasteiger partial charge is 0.306 e. The largest absolute Gasteiger partial charge is 0.462 e. The van der Waals surface area contributed by atoms with E-state index in [1.165, 1.54) is 161 Å². The molecule has 1 atom stereocenters. The molecule has 0 saturated carbocycles. The number of carbonyl (C=O) groups is 3. The van der Waals surface area contributed by atoms with E-state index in [2.05, 4.69) is 118 Å². The molecular weight excluding hydrogens is 961 g/mol. The highest BCUT2D eigenvalue weighted by Gasteiger charge is 2.19. The summed E-state index contributed by atoms with van der Waals surface area (Å²) in [5.74, 6) is -0.887. The van der Waals surface area contributed by atoms with Crippen molar-refractivity contribution in [1.82, 2.24) is 0 Å². The van der Waals surface area contributed by atoms with Crippen molar-refractivity contribution in [3.63, 3.8) is 0 Å². The van der Waals surface area contributed by atoms with E-state index in [1.54, 1.807) is 0 Å². The minimum Gasteiger partial charge on any atom is -0.462 e. The first-order valence-electron chi connectivity index (χ1n) is 33.2. The third-order valence-corrected chi connectivity index (χ3v) is 14.3. The van der Waals surface area contributed by atoms with E-state index in [4.69, 9.17) is 14.2 Å². The summed E-state index contributed by atoms with van der Waals surface area (Å²) >= 11 is 0. The molecule has 0 rings (SSSR count). The van der Waals surface area contributed by atoms with Crippen LogP contribution in [0.2, 0.25) is 0 Å². The zero-order valence-electron chi connectivity index (χ0n) is 51.4. The number of ether oxygens (including phenoxy) is 3. The molecule has 0 amide bonds. The second-order valence-electron chi connectivity index (χ2n) is 22.0. The highest BCUT2D eigenvalue weighted by molar-refractivity contribution is 5.71. The Morgan fingerprint density at radius 1 is 0.269 bits per heavy atom. The van der Waals surface area contributed by atoms with E-state index >= 15 is 0 Å². The first kappa shape index (κ1) is 74.3. The van der Waals surface area contributed by atoms with Gasteiger partial charge in [-0.05, 0) is 103 Å². The van der Waals surface area contributed by atoms with E-state index in [-0.39, 0.29) is 31.1 Å². The predicted molar refractivity (Wildman–Crippen MR) is 339 cm³/mol. The van der Waals surface area contributed by atoms with Gasteiger partial charge in [-0.1, -0.05) is 298 Å². The second-order valence-corrected chi connectivity index (χ2v) is 22.0. The molecule has 0 aliphatic heterocycles. The average molecular weight is 1090 g/mol. The van der Waals surface area contributed by atoms with Crippen molar-refractivity contribution in [3.8, 4) is 0 Å². The summed E-state index contributed by atoms with van der Waals surface area (Å²) in [6.07, 6.45) is 88.3. The van der Waals surface area contributed by atoms with Crippen LogP contribution < -0.4 is 0 Å². The van der Waals surface area contributed by atoms with Crippen molar-refractivity contribution in [2.75, 3.05) is 13.2 Å². The maximum atomic E-state index is 12.9. The molecular formula is C72H124O6. The fourth-order valence-electron chi connectivity index (χ4n) is 9.36. The molecule has 0 aliphatic rings. The Kier molecular flexibility index (Phi) is 62.7. The van der Waals surface area contributed by atoms with Crippen LogP contribution in [0, 0.1) is 0 Å². The third-order valence-electron chi connectivity index (χ3n) is 14.3. The van der Waals surface area contributed by atoms with Crippen LogP contribution >= 0.6 is 0 Å². The van der Waals surface area contributed by atoms with Crippen LogP contribution in [0.1, 0.15) is 323 Å². The van der Waals surface area contributed by atoms with Crippen molar-refractivity contribution < 1.29 is 28.6 Å². The van der Waals surface area contributed by atoms with Gasteiger partial charge in [-0.3, -0.25) is 14.4 Å². The van der Waals surface area contributed by atoms with Gasteiger partial charge >= 0.3 is 17.9 Å². The summed E-state index contributed by atoms with van der Waals surface area (Å²) in [5, 5.41) is 0.